The van der Waals surface area contributed by atoms with Crippen LogP contribution in [0.3, 0.4) is 0 Å². The zero-order valence-corrected chi connectivity index (χ0v) is 18.4. The summed E-state index contributed by atoms with van der Waals surface area (Å²) in [6.07, 6.45) is 21.1. The van der Waals surface area contributed by atoms with E-state index in [4.69, 9.17) is 0 Å². The summed E-state index contributed by atoms with van der Waals surface area (Å²) >= 11 is 0. The van der Waals surface area contributed by atoms with Crippen LogP contribution in [0.25, 0.3) is 6.08 Å². The zero-order chi connectivity index (χ0) is 20.2. The van der Waals surface area contributed by atoms with E-state index in [1.807, 2.05) is 6.07 Å². The number of hydrogen-bond donors (Lipinski definition) is 0. The van der Waals surface area contributed by atoms with Gasteiger partial charge in [0.05, 0.1) is 0 Å². The molecule has 0 nitrogen and oxygen atoms in total. The van der Waals surface area contributed by atoms with E-state index in [1.165, 1.54) is 69.8 Å². The predicted molar refractivity (Wildman–Crippen MR) is 122 cm³/mol. The first-order chi connectivity index (χ1) is 14.1. The van der Waals surface area contributed by atoms with Crippen LogP contribution in [-0.2, 0) is 6.42 Å². The van der Waals surface area contributed by atoms with Crippen LogP contribution in [0, 0.1) is 23.6 Å². The number of rotatable bonds is 4. The number of halogens is 1. The minimum Gasteiger partial charge on any atom is -0.207 e. The molecular weight excluding hydrogens is 355 g/mol. The molecule has 0 N–H and O–H groups in total. The van der Waals surface area contributed by atoms with Gasteiger partial charge in [0.1, 0.15) is 5.82 Å². The Morgan fingerprint density at radius 2 is 1.93 bits per heavy atom. The lowest BCUT2D eigenvalue weighted by molar-refractivity contribution is 0.305. The van der Waals surface area contributed by atoms with E-state index in [-0.39, 0.29) is 5.82 Å². The lowest BCUT2D eigenvalue weighted by Crippen LogP contribution is -2.18. The molecule has 1 heteroatoms. The third kappa shape index (κ3) is 5.30. The second kappa shape index (κ2) is 9.45. The van der Waals surface area contributed by atoms with Gasteiger partial charge in [-0.1, -0.05) is 60.8 Å². The van der Waals surface area contributed by atoms with Crippen molar-refractivity contribution < 1.29 is 4.39 Å². The highest BCUT2D eigenvalue weighted by Crippen LogP contribution is 2.42. The number of allylic oxidation sites excluding steroid dienone is 5. The summed E-state index contributed by atoms with van der Waals surface area (Å²) in [5.41, 5.74) is 7.18. The fourth-order valence-electron chi connectivity index (χ4n) is 5.96. The fourth-order valence-corrected chi connectivity index (χ4v) is 5.96. The Morgan fingerprint density at radius 1 is 1.03 bits per heavy atom. The van der Waals surface area contributed by atoms with Gasteiger partial charge < -0.3 is 0 Å². The van der Waals surface area contributed by atoms with Crippen molar-refractivity contribution in [1.82, 2.24) is 0 Å². The summed E-state index contributed by atoms with van der Waals surface area (Å²) in [4.78, 5) is 0. The van der Waals surface area contributed by atoms with Gasteiger partial charge >= 0.3 is 0 Å². The van der Waals surface area contributed by atoms with Crippen molar-refractivity contribution in [2.45, 2.75) is 84.5 Å². The highest BCUT2D eigenvalue weighted by molar-refractivity contribution is 5.58. The number of fused-ring (bicyclic) bond motifs is 1. The summed E-state index contributed by atoms with van der Waals surface area (Å²) in [5, 5.41) is 0. The van der Waals surface area contributed by atoms with E-state index in [0.717, 1.165) is 23.8 Å². The summed E-state index contributed by atoms with van der Waals surface area (Å²) in [7, 11) is 0. The Balaban J connectivity index is 1.56. The Bertz CT molecular complexity index is 810. The van der Waals surface area contributed by atoms with E-state index in [9.17, 15) is 4.39 Å². The minimum atomic E-state index is -0.0984. The van der Waals surface area contributed by atoms with Crippen molar-refractivity contribution in [3.63, 3.8) is 0 Å². The molecule has 0 saturated heterocycles. The Morgan fingerprint density at radius 3 is 2.79 bits per heavy atom. The number of aryl methyl sites for hydroxylation is 1. The average Bonchev–Trinajstić information content (AvgIpc) is 3.01. The number of benzene rings is 1. The van der Waals surface area contributed by atoms with Gasteiger partial charge in [0, 0.05) is 0 Å². The van der Waals surface area contributed by atoms with Crippen LogP contribution in [0.2, 0.25) is 0 Å². The summed E-state index contributed by atoms with van der Waals surface area (Å²) in [6.45, 7) is 4.72. The molecule has 0 heterocycles. The van der Waals surface area contributed by atoms with Gasteiger partial charge in [-0.2, -0.15) is 0 Å². The Kier molecular flexibility index (Phi) is 6.73. The maximum atomic E-state index is 13.9. The molecule has 4 rings (SSSR count). The molecule has 0 aromatic heterocycles. The molecule has 3 unspecified atom stereocenters. The molecule has 156 valence electrons. The summed E-state index contributed by atoms with van der Waals surface area (Å²) in [5.74, 6) is 2.19. The van der Waals surface area contributed by atoms with E-state index < -0.39 is 0 Å². The molecule has 0 bridgehead atoms. The molecule has 3 aliphatic carbocycles. The maximum Gasteiger partial charge on any atom is 0.123 e. The second-order valence-corrected chi connectivity index (χ2v) is 9.90. The van der Waals surface area contributed by atoms with Gasteiger partial charge in [-0.05, 0) is 106 Å². The first-order valence-electron chi connectivity index (χ1n) is 11.9. The molecule has 1 aromatic carbocycles. The van der Waals surface area contributed by atoms with Gasteiger partial charge in [-0.25, -0.2) is 4.39 Å². The minimum absolute atomic E-state index is 0.0984. The summed E-state index contributed by atoms with van der Waals surface area (Å²) in [6, 6.07) is 5.39. The first-order valence-corrected chi connectivity index (χ1v) is 11.9. The number of hydrogen-bond acceptors (Lipinski definition) is 0. The molecule has 3 atom stereocenters. The molecule has 1 fully saturated rings. The van der Waals surface area contributed by atoms with Crippen molar-refractivity contribution in [1.29, 1.82) is 0 Å². The van der Waals surface area contributed by atoms with Crippen molar-refractivity contribution in [3.8, 4) is 0 Å². The highest BCUT2D eigenvalue weighted by Gasteiger charge is 2.29. The monoisotopic (exact) mass is 392 g/mol. The maximum absolute atomic E-state index is 13.9. The molecular formula is C28H37F. The Hall–Kier alpha value is -1.63. The SMILES string of the molecule is CC1=CC(CCC2CC(C)CCCC2C2=Cc3cc(F)ccc3CCC2)=CCC1. The van der Waals surface area contributed by atoms with E-state index in [0.29, 0.717) is 5.92 Å². The van der Waals surface area contributed by atoms with Gasteiger partial charge in [-0.15, -0.1) is 0 Å². The van der Waals surface area contributed by atoms with Gasteiger partial charge in [-0.3, -0.25) is 0 Å². The van der Waals surface area contributed by atoms with Gasteiger partial charge in [0.15, 0.2) is 0 Å². The third-order valence-corrected chi connectivity index (χ3v) is 7.50. The average molecular weight is 393 g/mol. The second-order valence-electron chi connectivity index (χ2n) is 9.90. The van der Waals surface area contributed by atoms with Crippen LogP contribution in [-0.4, -0.2) is 0 Å². The quantitative estimate of drug-likeness (QED) is 0.451. The third-order valence-electron chi connectivity index (χ3n) is 7.50. The van der Waals surface area contributed by atoms with Crippen molar-refractivity contribution in [3.05, 3.63) is 64.0 Å². The van der Waals surface area contributed by atoms with Crippen molar-refractivity contribution in [2.24, 2.45) is 17.8 Å². The predicted octanol–water partition coefficient (Wildman–Crippen LogP) is 8.43. The topological polar surface area (TPSA) is 0 Å². The molecule has 0 aliphatic heterocycles. The van der Waals surface area contributed by atoms with E-state index in [1.54, 1.807) is 28.9 Å². The first kappa shape index (κ1) is 20.6. The molecule has 29 heavy (non-hydrogen) atoms. The molecule has 0 amide bonds. The fraction of sp³-hybridized carbons (Fsp3) is 0.571. The van der Waals surface area contributed by atoms with E-state index >= 15 is 0 Å². The van der Waals surface area contributed by atoms with Gasteiger partial charge in [0.25, 0.3) is 0 Å². The lowest BCUT2D eigenvalue weighted by Gasteiger charge is -2.29. The van der Waals surface area contributed by atoms with Crippen LogP contribution in [0.4, 0.5) is 4.39 Å². The smallest absolute Gasteiger partial charge is 0.123 e. The van der Waals surface area contributed by atoms with Crippen molar-refractivity contribution in [2.75, 3.05) is 0 Å². The van der Waals surface area contributed by atoms with Crippen LogP contribution in [0.5, 0.6) is 0 Å². The highest BCUT2D eigenvalue weighted by atomic mass is 19.1. The Labute approximate surface area is 177 Å². The van der Waals surface area contributed by atoms with Crippen LogP contribution in [0.1, 0.15) is 89.2 Å². The lowest BCUT2D eigenvalue weighted by atomic mass is 9.76. The molecule has 1 aromatic rings. The molecule has 3 aliphatic rings. The molecule has 0 radical (unpaired) electrons. The van der Waals surface area contributed by atoms with E-state index in [2.05, 4.69) is 32.1 Å². The zero-order valence-electron chi connectivity index (χ0n) is 18.4. The molecule has 1 saturated carbocycles. The molecule has 0 spiro atoms. The summed E-state index contributed by atoms with van der Waals surface area (Å²) < 4.78 is 13.9. The largest absolute Gasteiger partial charge is 0.207 e. The van der Waals surface area contributed by atoms with Crippen molar-refractivity contribution >= 4 is 6.08 Å². The standard InChI is InChI=1S/C28H37F/c1-20-6-3-8-22(16-20)12-13-25-17-21(2)7-4-11-28(25)24-10-5-9-23-14-15-27(29)19-26(23)18-24/h8,14-16,18-19,21,25,28H,3-7,9-13,17H2,1-2H3. The van der Waals surface area contributed by atoms with Crippen LogP contribution in [0.15, 0.2) is 47.1 Å². The van der Waals surface area contributed by atoms with Crippen LogP contribution >= 0.6 is 0 Å². The normalized spacial score (nSPS) is 27.8. The van der Waals surface area contributed by atoms with Crippen LogP contribution < -0.4 is 0 Å². The van der Waals surface area contributed by atoms with Gasteiger partial charge in [0.2, 0.25) is 0 Å².